The first-order chi connectivity index (χ1) is 41.6. The molecule has 5 rings (SSSR count). The zero-order valence-corrected chi connectivity index (χ0v) is 65.7. The van der Waals surface area contributed by atoms with E-state index in [1.165, 1.54) is 0 Å². The molecule has 1 aliphatic heterocycles. The highest BCUT2D eigenvalue weighted by Crippen LogP contribution is 2.46. The smallest absolute Gasteiger partial charge is 0.192 e. The average molecular weight is 1310 g/mol. The average Bonchev–Trinajstić information content (AvgIpc) is 0.819. The van der Waals surface area contributed by atoms with Gasteiger partial charge in [-0.05, 0) is 144 Å². The number of hydrogen-bond donors (Lipinski definition) is 0. The van der Waals surface area contributed by atoms with Crippen LogP contribution in [-0.4, -0.2) is 84.1 Å². The fourth-order valence-electron chi connectivity index (χ4n) is 11.6. The van der Waals surface area contributed by atoms with E-state index >= 15 is 0 Å². The summed E-state index contributed by atoms with van der Waals surface area (Å²) >= 11 is 0. The van der Waals surface area contributed by atoms with Crippen molar-refractivity contribution in [2.75, 3.05) is 20.3 Å². The molecule has 504 valence electrons. The van der Waals surface area contributed by atoms with E-state index in [-0.39, 0.29) is 74.3 Å². The van der Waals surface area contributed by atoms with Gasteiger partial charge in [0, 0.05) is 23.8 Å². The largest absolute Gasteiger partial charge is 0.497 e. The van der Waals surface area contributed by atoms with Gasteiger partial charge < -0.3 is 36.7 Å². The first kappa shape index (κ1) is 77.5. The third-order valence-corrected chi connectivity index (χ3v) is 39.7. The summed E-state index contributed by atoms with van der Waals surface area (Å²) in [7, 11) is -7.27. The Morgan fingerprint density at radius 2 is 0.956 bits per heavy atom. The minimum absolute atomic E-state index is 0.00698. The second-order valence-electron chi connectivity index (χ2n) is 33.2. The van der Waals surface area contributed by atoms with E-state index < -0.39 is 45.2 Å². The zero-order chi connectivity index (χ0) is 67.5. The fraction of sp³-hybridized carbons (Fsp3) is 0.641. The summed E-state index contributed by atoms with van der Waals surface area (Å²) in [4.78, 5) is 0. The first-order valence-corrected chi connectivity index (χ1v) is 46.0. The highest BCUT2D eigenvalue weighted by atomic mass is 28.4. The minimum Gasteiger partial charge on any atom is -0.497 e. The molecule has 1 aliphatic rings. The van der Waals surface area contributed by atoms with Crippen molar-refractivity contribution in [2.24, 2.45) is 35.5 Å². The zero-order valence-electron chi connectivity index (χ0n) is 61.7. The Morgan fingerprint density at radius 3 is 1.41 bits per heavy atom. The SMILES string of the molecule is COc1ccc(C2OC[C@H](C)[C@@H]([C@@H](C)[C@@H](CC[C@H](C)C[C@H](C)[C@@H](O[Si](C)(C)C(C)(C)C)[C@@H](C)C=C[C@H](C[C@H](O[Si](C)(C)C(C)(C)C)[C@H](C)C=CCOC(c3ccccc3)(c3ccccc3)c3ccccc3)O[Si](C)(C)C(C)(C)C)O[Si](C)(C)C(C)(C)C)O2)cc1. The van der Waals surface area contributed by atoms with Crippen LogP contribution in [-0.2, 0) is 37.5 Å². The van der Waals surface area contributed by atoms with Gasteiger partial charge in [-0.1, -0.05) is 252 Å². The lowest BCUT2D eigenvalue weighted by Gasteiger charge is -2.45. The van der Waals surface area contributed by atoms with Gasteiger partial charge in [0.05, 0.1) is 50.8 Å². The minimum atomic E-state index is -2.29. The lowest BCUT2D eigenvalue weighted by atomic mass is 9.80. The molecule has 8 nitrogen and oxygen atoms in total. The molecule has 12 atom stereocenters. The predicted octanol–water partition coefficient (Wildman–Crippen LogP) is 22.2. The predicted molar refractivity (Wildman–Crippen MR) is 392 cm³/mol. The summed E-state index contributed by atoms with van der Waals surface area (Å²) in [6.07, 6.45) is 12.6. The quantitative estimate of drug-likeness (QED) is 0.0280. The molecular formula is C78H128O8Si4. The van der Waals surface area contributed by atoms with Crippen molar-refractivity contribution in [1.82, 2.24) is 0 Å². The second kappa shape index (κ2) is 32.0. The maximum Gasteiger partial charge on any atom is 0.192 e. The van der Waals surface area contributed by atoms with Crippen LogP contribution < -0.4 is 4.74 Å². The molecule has 0 spiro atoms. The standard InChI is InChI=1S/C78H128O8Si4/c1-57(45-52-69(84-88(22,23)75(10,11)12)62(6)72-61(5)56-80-73(82-72)63-47-50-67(79-19)51-48-63)54-60(4)71(86-90(26,27)77(16,17)18)59(3)46-49-68(83-87(20,21)74(7,8)9)55-70(85-89(24,25)76(13,14)15)58(2)38-37-53-81-78(64-39-31-28-32-40-64,65-41-33-29-34-42-65)66-43-35-30-36-44-66/h28-44,46-51,57-62,68-73H,45,52-56H2,1-27H3/t57-,58+,59-,60-,61-,62-,68+,69+,70-,71-,72-,73?/m0/s1. The van der Waals surface area contributed by atoms with Gasteiger partial charge in [-0.15, -0.1) is 0 Å². The van der Waals surface area contributed by atoms with Gasteiger partial charge in [-0.25, -0.2) is 0 Å². The number of ether oxygens (including phenoxy) is 4. The van der Waals surface area contributed by atoms with E-state index in [1.807, 2.05) is 12.1 Å². The highest BCUT2D eigenvalue weighted by molar-refractivity contribution is 6.75. The first-order valence-electron chi connectivity index (χ1n) is 34.3. The van der Waals surface area contributed by atoms with Gasteiger partial charge in [0.15, 0.2) is 39.6 Å². The molecule has 90 heavy (non-hydrogen) atoms. The Bertz CT molecular complexity index is 2690. The summed E-state index contributed by atoms with van der Waals surface area (Å²) in [5, 5.41) is 0.131. The van der Waals surface area contributed by atoms with E-state index in [0.29, 0.717) is 25.0 Å². The summed E-state index contributed by atoms with van der Waals surface area (Å²) in [6, 6.07) is 40.1. The van der Waals surface area contributed by atoms with Crippen LogP contribution >= 0.6 is 0 Å². The second-order valence-corrected chi connectivity index (χ2v) is 52.2. The van der Waals surface area contributed by atoms with Crippen molar-refractivity contribution in [2.45, 2.75) is 265 Å². The fourth-order valence-corrected chi connectivity index (χ4v) is 17.3. The summed E-state index contributed by atoms with van der Waals surface area (Å²) in [6.45, 7) is 62.8. The van der Waals surface area contributed by atoms with Crippen LogP contribution in [0.1, 0.15) is 179 Å². The van der Waals surface area contributed by atoms with E-state index in [4.69, 9.17) is 36.7 Å². The number of benzene rings is 4. The molecule has 1 fully saturated rings. The van der Waals surface area contributed by atoms with E-state index in [9.17, 15) is 0 Å². The molecule has 0 bridgehead atoms. The Labute approximate surface area is 555 Å². The van der Waals surface area contributed by atoms with Gasteiger partial charge in [-0.2, -0.15) is 0 Å². The van der Waals surface area contributed by atoms with Crippen molar-refractivity contribution < 1.29 is 36.7 Å². The van der Waals surface area contributed by atoms with Crippen LogP contribution in [0.3, 0.4) is 0 Å². The van der Waals surface area contributed by atoms with Crippen molar-refractivity contribution >= 4 is 33.3 Å². The molecule has 1 saturated heterocycles. The summed E-state index contributed by atoms with van der Waals surface area (Å²) < 4.78 is 56.5. The Balaban J connectivity index is 1.46. The Kier molecular flexibility index (Phi) is 27.5. The molecule has 0 aliphatic carbocycles. The molecule has 4 aromatic carbocycles. The maximum atomic E-state index is 7.68. The van der Waals surface area contributed by atoms with Gasteiger partial charge in [-0.3, -0.25) is 0 Å². The van der Waals surface area contributed by atoms with Gasteiger partial charge >= 0.3 is 0 Å². The van der Waals surface area contributed by atoms with Crippen LogP contribution in [0.5, 0.6) is 5.75 Å². The molecule has 0 amide bonds. The Hall–Kier alpha value is -3.25. The molecule has 0 N–H and O–H groups in total. The number of rotatable bonds is 31. The topological polar surface area (TPSA) is 73.8 Å². The van der Waals surface area contributed by atoms with E-state index in [2.05, 4.69) is 304 Å². The molecule has 1 unspecified atom stereocenters. The summed E-state index contributed by atoms with van der Waals surface area (Å²) in [5.41, 5.74) is 3.47. The molecule has 1 heterocycles. The van der Waals surface area contributed by atoms with E-state index in [1.54, 1.807) is 7.11 Å². The van der Waals surface area contributed by atoms with Gasteiger partial charge in [0.1, 0.15) is 11.4 Å². The highest BCUT2D eigenvalue weighted by Gasteiger charge is 2.47. The monoisotopic (exact) mass is 1300 g/mol. The summed E-state index contributed by atoms with van der Waals surface area (Å²) in [5.74, 6) is 2.13. The van der Waals surface area contributed by atoms with Crippen LogP contribution in [0.2, 0.25) is 72.5 Å². The third-order valence-electron chi connectivity index (χ3n) is 21.7. The molecular weight excluding hydrogens is 1180 g/mol. The molecule has 4 aromatic rings. The van der Waals surface area contributed by atoms with Crippen LogP contribution in [0.25, 0.3) is 0 Å². The van der Waals surface area contributed by atoms with Gasteiger partial charge in [0.25, 0.3) is 0 Å². The lowest BCUT2D eigenvalue weighted by Crippen LogP contribution is -2.50. The van der Waals surface area contributed by atoms with Crippen LogP contribution in [0, 0.1) is 35.5 Å². The lowest BCUT2D eigenvalue weighted by molar-refractivity contribution is -0.255. The third kappa shape index (κ3) is 20.6. The van der Waals surface area contributed by atoms with Crippen LogP contribution in [0.15, 0.2) is 140 Å². The maximum absolute atomic E-state index is 7.68. The van der Waals surface area contributed by atoms with Crippen molar-refractivity contribution in [3.63, 3.8) is 0 Å². The van der Waals surface area contributed by atoms with E-state index in [0.717, 1.165) is 53.7 Å². The Morgan fingerprint density at radius 1 is 0.511 bits per heavy atom. The molecule has 0 saturated carbocycles. The van der Waals surface area contributed by atoms with Crippen molar-refractivity contribution in [1.29, 1.82) is 0 Å². The number of methoxy groups -OCH3 is 1. The molecule has 12 heteroatoms. The van der Waals surface area contributed by atoms with Gasteiger partial charge in [0.2, 0.25) is 0 Å². The molecule has 0 aromatic heterocycles. The number of hydrogen-bond acceptors (Lipinski definition) is 8. The van der Waals surface area contributed by atoms with Crippen molar-refractivity contribution in [3.05, 3.63) is 162 Å². The molecule has 0 radical (unpaired) electrons. The van der Waals surface area contributed by atoms with Crippen LogP contribution in [0.4, 0.5) is 0 Å². The van der Waals surface area contributed by atoms with Crippen molar-refractivity contribution in [3.8, 4) is 5.75 Å². The normalized spacial score (nSPS) is 20.3.